The minimum absolute atomic E-state index is 0.153. The molecule has 0 fully saturated rings. The summed E-state index contributed by atoms with van der Waals surface area (Å²) in [4.78, 5) is 0. The Bertz CT molecular complexity index is 638. The Morgan fingerprint density at radius 1 is 0.952 bits per heavy atom. The normalized spacial score (nSPS) is 11.1. The molecule has 0 aromatic heterocycles. The van der Waals surface area contributed by atoms with Crippen molar-refractivity contribution in [1.29, 1.82) is 0 Å². The molecule has 2 aromatic carbocycles. The van der Waals surface area contributed by atoms with Crippen molar-refractivity contribution in [3.05, 3.63) is 41.2 Å². The van der Waals surface area contributed by atoms with Crippen molar-refractivity contribution in [2.45, 2.75) is 39.5 Å². The Balaban J connectivity index is 2.26. The molecule has 21 heavy (non-hydrogen) atoms. The number of aryl methyl sites for hydroxylation is 1. The quantitative estimate of drug-likeness (QED) is 0.637. The van der Waals surface area contributed by atoms with Crippen molar-refractivity contribution in [3.8, 4) is 5.75 Å². The van der Waals surface area contributed by atoms with Crippen LogP contribution in [0.5, 0.6) is 5.75 Å². The molecule has 0 atom stereocenters. The third-order valence-corrected chi connectivity index (χ3v) is 3.54. The van der Waals surface area contributed by atoms with Crippen LogP contribution in [0.3, 0.4) is 0 Å². The Morgan fingerprint density at radius 2 is 1.71 bits per heavy atom. The lowest BCUT2D eigenvalue weighted by Gasteiger charge is -2.11. The molecule has 0 saturated heterocycles. The fourth-order valence-corrected chi connectivity index (χ4v) is 2.28. The molecule has 0 amide bonds. The van der Waals surface area contributed by atoms with Gasteiger partial charge in [-0.05, 0) is 30.4 Å². The maximum atomic E-state index is 14.0. The first kappa shape index (κ1) is 15.7. The van der Waals surface area contributed by atoms with E-state index in [1.807, 2.05) is 0 Å². The third kappa shape index (κ3) is 3.31. The van der Waals surface area contributed by atoms with Gasteiger partial charge in [-0.3, -0.25) is 0 Å². The highest BCUT2D eigenvalue weighted by Crippen LogP contribution is 2.31. The van der Waals surface area contributed by atoms with Crippen LogP contribution in [-0.2, 0) is 0 Å². The second-order valence-electron chi connectivity index (χ2n) is 5.21. The van der Waals surface area contributed by atoms with Crippen LogP contribution in [0.4, 0.5) is 13.2 Å². The van der Waals surface area contributed by atoms with E-state index in [4.69, 9.17) is 4.74 Å². The van der Waals surface area contributed by atoms with E-state index in [0.717, 1.165) is 25.7 Å². The van der Waals surface area contributed by atoms with E-state index < -0.39 is 17.5 Å². The van der Waals surface area contributed by atoms with Gasteiger partial charge in [-0.15, -0.1) is 0 Å². The topological polar surface area (TPSA) is 9.23 Å². The number of hydrogen-bond donors (Lipinski definition) is 0. The number of unbranched alkanes of at least 4 members (excludes halogenated alkanes) is 3. The van der Waals surface area contributed by atoms with Crippen LogP contribution in [0.2, 0.25) is 0 Å². The molecule has 2 aromatic rings. The Kier molecular flexibility index (Phi) is 5.10. The van der Waals surface area contributed by atoms with Crippen molar-refractivity contribution >= 4 is 10.8 Å². The molecule has 0 aliphatic carbocycles. The van der Waals surface area contributed by atoms with Gasteiger partial charge in [0.05, 0.1) is 12.0 Å². The molecule has 0 N–H and O–H groups in total. The molecule has 0 aliphatic rings. The number of fused-ring (bicyclic) bond motifs is 1. The van der Waals surface area contributed by atoms with Gasteiger partial charge in [0.15, 0.2) is 11.6 Å². The molecular formula is C17H19F3O. The zero-order valence-corrected chi connectivity index (χ0v) is 12.3. The van der Waals surface area contributed by atoms with Crippen molar-refractivity contribution in [2.75, 3.05) is 6.61 Å². The molecule has 0 aliphatic heterocycles. The maximum Gasteiger partial charge on any atom is 0.201 e. The van der Waals surface area contributed by atoms with Gasteiger partial charge in [0, 0.05) is 0 Å². The highest BCUT2D eigenvalue weighted by atomic mass is 19.2. The standard InChI is InChI=1S/C17H19F3O/c1-3-4-5-6-9-21-13-10-12-8-7-11(2)15(18)14(12)17(20)16(13)19/h7-8,10H,3-6,9H2,1-2H3. The second kappa shape index (κ2) is 6.83. The largest absolute Gasteiger partial charge is 0.490 e. The molecule has 0 unspecified atom stereocenters. The van der Waals surface area contributed by atoms with Gasteiger partial charge in [0.1, 0.15) is 5.82 Å². The van der Waals surface area contributed by atoms with Crippen molar-refractivity contribution in [1.82, 2.24) is 0 Å². The van der Waals surface area contributed by atoms with Gasteiger partial charge in [-0.2, -0.15) is 4.39 Å². The first-order valence-corrected chi connectivity index (χ1v) is 7.25. The molecule has 0 bridgehead atoms. The van der Waals surface area contributed by atoms with Gasteiger partial charge in [0.2, 0.25) is 5.82 Å². The minimum atomic E-state index is -1.18. The van der Waals surface area contributed by atoms with Crippen LogP contribution in [0, 0.1) is 24.4 Å². The van der Waals surface area contributed by atoms with Crippen LogP contribution in [0.15, 0.2) is 18.2 Å². The van der Waals surface area contributed by atoms with Crippen molar-refractivity contribution in [3.63, 3.8) is 0 Å². The van der Waals surface area contributed by atoms with Crippen LogP contribution in [-0.4, -0.2) is 6.61 Å². The third-order valence-electron chi connectivity index (χ3n) is 3.54. The summed E-state index contributed by atoms with van der Waals surface area (Å²) in [5, 5.41) is -0.00797. The van der Waals surface area contributed by atoms with Gasteiger partial charge in [-0.25, -0.2) is 8.78 Å². The number of ether oxygens (including phenoxy) is 1. The Morgan fingerprint density at radius 3 is 2.43 bits per heavy atom. The molecule has 0 radical (unpaired) electrons. The van der Waals surface area contributed by atoms with E-state index in [0.29, 0.717) is 12.0 Å². The van der Waals surface area contributed by atoms with Gasteiger partial charge >= 0.3 is 0 Å². The van der Waals surface area contributed by atoms with E-state index in [1.54, 1.807) is 12.1 Å². The van der Waals surface area contributed by atoms with Crippen LogP contribution >= 0.6 is 0 Å². The lowest BCUT2D eigenvalue weighted by atomic mass is 10.1. The molecule has 0 spiro atoms. The highest BCUT2D eigenvalue weighted by Gasteiger charge is 2.18. The van der Waals surface area contributed by atoms with E-state index in [-0.39, 0.29) is 16.7 Å². The number of halogens is 3. The molecule has 2 rings (SSSR count). The maximum absolute atomic E-state index is 14.0. The summed E-state index contributed by atoms with van der Waals surface area (Å²) in [6.07, 6.45) is 3.96. The summed E-state index contributed by atoms with van der Waals surface area (Å²) in [5.41, 5.74) is 0.286. The predicted octanol–water partition coefficient (Wildman–Crippen LogP) is 5.52. The summed E-state index contributed by atoms with van der Waals surface area (Å²) in [7, 11) is 0. The first-order chi connectivity index (χ1) is 10.1. The van der Waals surface area contributed by atoms with Crippen LogP contribution in [0.25, 0.3) is 10.8 Å². The molecular weight excluding hydrogens is 277 g/mol. The SMILES string of the molecule is CCCCCCOc1cc2ccc(C)c(F)c2c(F)c1F. The molecule has 114 valence electrons. The van der Waals surface area contributed by atoms with Crippen LogP contribution < -0.4 is 4.74 Å². The lowest BCUT2D eigenvalue weighted by molar-refractivity contribution is 0.286. The van der Waals surface area contributed by atoms with Crippen LogP contribution in [0.1, 0.15) is 38.2 Å². The lowest BCUT2D eigenvalue weighted by Crippen LogP contribution is -2.02. The highest BCUT2D eigenvalue weighted by molar-refractivity contribution is 5.86. The molecule has 0 heterocycles. The monoisotopic (exact) mass is 296 g/mol. The molecule has 4 heteroatoms. The fraction of sp³-hybridized carbons (Fsp3) is 0.412. The summed E-state index contributed by atoms with van der Waals surface area (Å²) in [6, 6.07) is 4.47. The molecule has 1 nitrogen and oxygen atoms in total. The van der Waals surface area contributed by atoms with Crippen molar-refractivity contribution in [2.24, 2.45) is 0 Å². The fourth-order valence-electron chi connectivity index (χ4n) is 2.28. The number of benzene rings is 2. The van der Waals surface area contributed by atoms with E-state index >= 15 is 0 Å². The zero-order chi connectivity index (χ0) is 15.4. The Labute approximate surface area is 122 Å². The van der Waals surface area contributed by atoms with Gasteiger partial charge in [-0.1, -0.05) is 38.3 Å². The van der Waals surface area contributed by atoms with E-state index in [1.165, 1.54) is 13.0 Å². The van der Waals surface area contributed by atoms with Gasteiger partial charge < -0.3 is 4.74 Å². The summed E-state index contributed by atoms with van der Waals surface area (Å²) >= 11 is 0. The number of rotatable bonds is 6. The second-order valence-corrected chi connectivity index (χ2v) is 5.21. The summed E-state index contributed by atoms with van der Waals surface area (Å²) in [6.45, 7) is 3.94. The predicted molar refractivity (Wildman–Crippen MR) is 78.2 cm³/mol. The summed E-state index contributed by atoms with van der Waals surface area (Å²) < 4.78 is 47.2. The smallest absolute Gasteiger partial charge is 0.201 e. The summed E-state index contributed by atoms with van der Waals surface area (Å²) in [5.74, 6) is -3.18. The minimum Gasteiger partial charge on any atom is -0.490 e. The average molecular weight is 296 g/mol. The van der Waals surface area contributed by atoms with E-state index in [2.05, 4.69) is 6.92 Å². The first-order valence-electron chi connectivity index (χ1n) is 7.25. The van der Waals surface area contributed by atoms with Crippen molar-refractivity contribution < 1.29 is 17.9 Å². The zero-order valence-electron chi connectivity index (χ0n) is 12.3. The molecule has 0 saturated carbocycles. The average Bonchev–Trinajstić information content (AvgIpc) is 2.47. The number of hydrogen-bond acceptors (Lipinski definition) is 1. The van der Waals surface area contributed by atoms with E-state index in [9.17, 15) is 13.2 Å². The van der Waals surface area contributed by atoms with Gasteiger partial charge in [0.25, 0.3) is 0 Å². The Hall–Kier alpha value is -1.71.